The molecule has 2 aliphatic rings. The van der Waals surface area contributed by atoms with Crippen molar-refractivity contribution in [2.24, 2.45) is 5.16 Å². The lowest BCUT2D eigenvalue weighted by atomic mass is 9.86. The lowest BCUT2D eigenvalue weighted by Crippen LogP contribution is -2.49. The lowest BCUT2D eigenvalue weighted by Gasteiger charge is -2.38. The molecular weight excluding hydrogens is 603 g/mol. The van der Waals surface area contributed by atoms with Gasteiger partial charge in [0, 0.05) is 42.2 Å². The molecule has 11 nitrogen and oxygen atoms in total. The topological polar surface area (TPSA) is 149 Å². The van der Waals surface area contributed by atoms with E-state index in [4.69, 9.17) is 26.9 Å². The number of ether oxygens (including phenoxy) is 1. The zero-order valence-electron chi connectivity index (χ0n) is 23.9. The maximum absolute atomic E-state index is 14.7. The molecule has 0 saturated heterocycles. The molecule has 3 N–H and O–H groups in total. The summed E-state index contributed by atoms with van der Waals surface area (Å²) in [5.41, 5.74) is 9.76. The number of amides is 2. The number of methoxy groups -OCH3 is 1. The first-order chi connectivity index (χ1) is 21.7. The predicted molar refractivity (Wildman–Crippen MR) is 164 cm³/mol. The Labute approximate surface area is 261 Å². The first-order valence-electron chi connectivity index (χ1n) is 13.9. The number of rotatable bonds is 6. The van der Waals surface area contributed by atoms with Gasteiger partial charge in [-0.15, -0.1) is 0 Å². The number of nitrogens with two attached hydrogens (primary N) is 1. The molecule has 0 saturated carbocycles. The van der Waals surface area contributed by atoms with E-state index in [0.29, 0.717) is 28.8 Å². The Morgan fingerprint density at radius 1 is 1.04 bits per heavy atom. The molecule has 0 unspecified atom stereocenters. The fraction of sp³-hybridized carbons (Fsp3) is 0.188. The number of carbonyl (C=O) groups excluding carboxylic acids is 3. The zero-order valence-corrected chi connectivity index (χ0v) is 24.6. The lowest BCUT2D eigenvalue weighted by molar-refractivity contribution is -0.148. The molecule has 2 aliphatic heterocycles. The number of esters is 1. The highest BCUT2D eigenvalue weighted by Gasteiger charge is 2.42. The molecule has 13 heteroatoms. The molecule has 6 rings (SSSR count). The number of benzene rings is 3. The SMILES string of the molecule is COC(=O)c1ccc(NC(=O)[C@H]2c3cccc(-c4cnc(N)nc4)c3CCN2C(=O)[C@H]2CC(c3cccc(Cl)c3F)=NO2)cc1. The van der Waals surface area contributed by atoms with E-state index < -0.39 is 35.7 Å². The zero-order chi connectivity index (χ0) is 31.7. The Balaban J connectivity index is 1.32. The number of nitrogen functional groups attached to an aromatic ring is 1. The minimum Gasteiger partial charge on any atom is -0.465 e. The average Bonchev–Trinajstić information content (AvgIpc) is 3.55. The van der Waals surface area contributed by atoms with Gasteiger partial charge in [0.1, 0.15) is 6.04 Å². The van der Waals surface area contributed by atoms with Gasteiger partial charge in [0.05, 0.1) is 23.4 Å². The summed E-state index contributed by atoms with van der Waals surface area (Å²) >= 11 is 5.95. The van der Waals surface area contributed by atoms with Crippen LogP contribution in [0.1, 0.15) is 39.5 Å². The molecule has 0 bridgehead atoms. The second-order valence-corrected chi connectivity index (χ2v) is 10.8. The van der Waals surface area contributed by atoms with Gasteiger partial charge in [-0.2, -0.15) is 0 Å². The van der Waals surface area contributed by atoms with Gasteiger partial charge >= 0.3 is 5.97 Å². The number of nitrogens with one attached hydrogen (secondary N) is 1. The van der Waals surface area contributed by atoms with E-state index in [0.717, 1.165) is 11.1 Å². The van der Waals surface area contributed by atoms with Gasteiger partial charge in [-0.25, -0.2) is 19.2 Å². The van der Waals surface area contributed by atoms with Crippen LogP contribution in [0.3, 0.4) is 0 Å². The molecule has 4 aromatic rings. The fourth-order valence-corrected chi connectivity index (χ4v) is 5.71. The number of halogens is 2. The predicted octanol–water partition coefficient (Wildman–Crippen LogP) is 4.56. The van der Waals surface area contributed by atoms with Crippen LogP contribution in [-0.4, -0.2) is 58.1 Å². The number of hydrogen-bond acceptors (Lipinski definition) is 9. The van der Waals surface area contributed by atoms with Crippen molar-refractivity contribution in [2.75, 3.05) is 24.7 Å². The highest BCUT2D eigenvalue weighted by molar-refractivity contribution is 6.31. The molecule has 1 aromatic heterocycles. The minimum atomic E-state index is -1.08. The van der Waals surface area contributed by atoms with Gasteiger partial charge in [0.15, 0.2) is 5.82 Å². The number of fused-ring (bicyclic) bond motifs is 1. The minimum absolute atomic E-state index is 0.00834. The second-order valence-electron chi connectivity index (χ2n) is 10.4. The smallest absolute Gasteiger partial charge is 0.337 e. The van der Waals surface area contributed by atoms with Gasteiger partial charge in [0.2, 0.25) is 12.1 Å². The van der Waals surface area contributed by atoms with Crippen LogP contribution in [0, 0.1) is 5.82 Å². The van der Waals surface area contributed by atoms with E-state index in [-0.39, 0.29) is 35.2 Å². The third kappa shape index (κ3) is 5.79. The summed E-state index contributed by atoms with van der Waals surface area (Å²) in [5, 5.41) is 6.78. The summed E-state index contributed by atoms with van der Waals surface area (Å²) in [6, 6.07) is 15.1. The van der Waals surface area contributed by atoms with Crippen molar-refractivity contribution in [1.82, 2.24) is 14.9 Å². The van der Waals surface area contributed by atoms with Crippen LogP contribution in [0.15, 0.2) is 78.2 Å². The maximum atomic E-state index is 14.7. The Bertz CT molecular complexity index is 1830. The quantitative estimate of drug-likeness (QED) is 0.295. The summed E-state index contributed by atoms with van der Waals surface area (Å²) in [6.45, 7) is 0.179. The van der Waals surface area contributed by atoms with E-state index in [2.05, 4.69) is 20.4 Å². The molecule has 0 radical (unpaired) electrons. The van der Waals surface area contributed by atoms with Crippen molar-refractivity contribution >= 4 is 46.7 Å². The van der Waals surface area contributed by atoms with Gasteiger partial charge in [-0.3, -0.25) is 9.59 Å². The van der Waals surface area contributed by atoms with Crippen molar-refractivity contribution < 1.29 is 28.3 Å². The van der Waals surface area contributed by atoms with Crippen LogP contribution in [0.2, 0.25) is 5.02 Å². The summed E-state index contributed by atoms with van der Waals surface area (Å²) in [6.07, 6.45) is 2.54. The van der Waals surface area contributed by atoms with Gasteiger partial charge in [0.25, 0.3) is 11.8 Å². The molecule has 0 spiro atoms. The highest BCUT2D eigenvalue weighted by Crippen LogP contribution is 2.38. The molecule has 0 fully saturated rings. The number of carbonyl (C=O) groups is 3. The van der Waals surface area contributed by atoms with Crippen molar-refractivity contribution in [3.05, 3.63) is 106 Å². The van der Waals surface area contributed by atoms with Crippen LogP contribution in [0.4, 0.5) is 16.0 Å². The van der Waals surface area contributed by atoms with Crippen molar-refractivity contribution in [2.45, 2.75) is 25.0 Å². The van der Waals surface area contributed by atoms with E-state index in [9.17, 15) is 18.8 Å². The van der Waals surface area contributed by atoms with Crippen LogP contribution in [0.25, 0.3) is 11.1 Å². The van der Waals surface area contributed by atoms with Crippen LogP contribution >= 0.6 is 11.6 Å². The monoisotopic (exact) mass is 628 g/mol. The molecule has 45 heavy (non-hydrogen) atoms. The van der Waals surface area contributed by atoms with Gasteiger partial charge in [-0.05, 0) is 59.5 Å². The van der Waals surface area contributed by atoms with Crippen molar-refractivity contribution in [1.29, 1.82) is 0 Å². The molecule has 2 atom stereocenters. The van der Waals surface area contributed by atoms with Crippen LogP contribution in [-0.2, 0) is 25.6 Å². The van der Waals surface area contributed by atoms with Gasteiger partial charge < -0.3 is 25.5 Å². The van der Waals surface area contributed by atoms with Crippen LogP contribution in [0.5, 0.6) is 0 Å². The largest absolute Gasteiger partial charge is 0.465 e. The Morgan fingerprint density at radius 2 is 1.76 bits per heavy atom. The summed E-state index contributed by atoms with van der Waals surface area (Å²) < 4.78 is 19.5. The third-order valence-corrected chi connectivity index (χ3v) is 8.01. The maximum Gasteiger partial charge on any atom is 0.337 e. The Morgan fingerprint density at radius 3 is 2.49 bits per heavy atom. The van der Waals surface area contributed by atoms with E-state index in [1.165, 1.54) is 36.3 Å². The average molecular weight is 629 g/mol. The number of hydrogen-bond donors (Lipinski definition) is 2. The van der Waals surface area contributed by atoms with Crippen LogP contribution < -0.4 is 11.1 Å². The fourth-order valence-electron chi connectivity index (χ4n) is 5.54. The number of oxime groups is 1. The summed E-state index contributed by atoms with van der Waals surface area (Å²) in [7, 11) is 1.28. The molecule has 2 amide bonds. The third-order valence-electron chi connectivity index (χ3n) is 7.72. The molecule has 0 aliphatic carbocycles. The summed E-state index contributed by atoms with van der Waals surface area (Å²) in [4.78, 5) is 55.0. The van der Waals surface area contributed by atoms with Crippen molar-refractivity contribution in [3.8, 4) is 11.1 Å². The Kier molecular flexibility index (Phi) is 8.14. The summed E-state index contributed by atoms with van der Waals surface area (Å²) in [5.74, 6) is -2.01. The standard InChI is InChI=1S/C32H26ClFN6O5/c1-44-31(43)17-8-10-19(11-9-17)38-29(41)28-22-5-2-4-20(18-15-36-32(35)37-16-18)21(22)12-13-40(28)30(42)26-14-25(39-45-26)23-6-3-7-24(33)27(23)34/h2-11,15-16,26,28H,12-14H2,1H3,(H,38,41)(H2,35,36,37)/t26-,28-/m1/s1. The van der Waals surface area contributed by atoms with E-state index >= 15 is 0 Å². The first-order valence-corrected chi connectivity index (χ1v) is 14.3. The first kappa shape index (κ1) is 29.7. The number of aromatic nitrogens is 2. The normalized spacial score (nSPS) is 17.1. The second kappa shape index (κ2) is 12.3. The van der Waals surface area contributed by atoms with Gasteiger partial charge in [-0.1, -0.05) is 41.0 Å². The highest BCUT2D eigenvalue weighted by atomic mass is 35.5. The molecule has 3 aromatic carbocycles. The molecule has 3 heterocycles. The Hall–Kier alpha value is -5.36. The van der Waals surface area contributed by atoms with Crippen molar-refractivity contribution in [3.63, 3.8) is 0 Å². The number of anilines is 2. The number of nitrogens with zero attached hydrogens (tertiary/aromatic N) is 4. The molecule has 228 valence electrons. The van der Waals surface area contributed by atoms with E-state index in [1.54, 1.807) is 42.7 Å². The molecular formula is C32H26ClFN6O5. The van der Waals surface area contributed by atoms with E-state index in [1.807, 2.05) is 6.07 Å².